The smallest absolute Gasteiger partial charge is 0.220 e. The molecule has 1 rings (SSSR count). The molecule has 0 heterocycles. The zero-order chi connectivity index (χ0) is 13.5. The van der Waals surface area contributed by atoms with Crippen LogP contribution in [-0.2, 0) is 11.2 Å². The maximum absolute atomic E-state index is 11.6. The molecule has 1 N–H and O–H groups in total. The van der Waals surface area contributed by atoms with Crippen molar-refractivity contribution in [1.29, 1.82) is 0 Å². The molecule has 0 aliphatic carbocycles. The lowest BCUT2D eigenvalue weighted by Crippen LogP contribution is -2.27. The summed E-state index contributed by atoms with van der Waals surface area (Å²) < 4.78 is 0. The van der Waals surface area contributed by atoms with Gasteiger partial charge in [-0.05, 0) is 29.4 Å². The minimum atomic E-state index is 0.150. The molecule has 0 saturated heterocycles. The summed E-state index contributed by atoms with van der Waals surface area (Å²) in [4.78, 5) is 11.6. The van der Waals surface area contributed by atoms with Crippen LogP contribution >= 0.6 is 0 Å². The molecule has 0 saturated carbocycles. The number of benzene rings is 1. The molecular weight excluding hydrogens is 222 g/mol. The van der Waals surface area contributed by atoms with E-state index < -0.39 is 0 Å². The van der Waals surface area contributed by atoms with Crippen LogP contribution in [-0.4, -0.2) is 12.5 Å². The average Bonchev–Trinajstić information content (AvgIpc) is 2.34. The Morgan fingerprint density at radius 3 is 2.22 bits per heavy atom. The van der Waals surface area contributed by atoms with Gasteiger partial charge in [0.05, 0.1) is 0 Å². The van der Waals surface area contributed by atoms with Crippen molar-refractivity contribution in [2.24, 2.45) is 5.92 Å². The number of carbonyl (C=O) groups excluding carboxylic acids is 1. The van der Waals surface area contributed by atoms with Gasteiger partial charge >= 0.3 is 0 Å². The van der Waals surface area contributed by atoms with Gasteiger partial charge in [0.15, 0.2) is 0 Å². The van der Waals surface area contributed by atoms with E-state index in [1.165, 1.54) is 11.1 Å². The van der Waals surface area contributed by atoms with Crippen LogP contribution in [0.2, 0.25) is 0 Å². The lowest BCUT2D eigenvalue weighted by molar-refractivity contribution is -0.121. The Labute approximate surface area is 111 Å². The molecule has 100 valence electrons. The second-order valence-corrected chi connectivity index (χ2v) is 5.59. The highest BCUT2D eigenvalue weighted by atomic mass is 16.1. The van der Waals surface area contributed by atoms with E-state index in [2.05, 4.69) is 57.3 Å². The maximum atomic E-state index is 11.6. The molecule has 1 aromatic rings. The Bertz CT molecular complexity index is 365. The molecule has 2 nitrogen and oxygen atoms in total. The summed E-state index contributed by atoms with van der Waals surface area (Å²) in [6, 6.07) is 8.58. The molecule has 2 heteroatoms. The van der Waals surface area contributed by atoms with Gasteiger partial charge in [-0.15, -0.1) is 0 Å². The first-order chi connectivity index (χ1) is 8.49. The van der Waals surface area contributed by atoms with E-state index in [-0.39, 0.29) is 5.91 Å². The Kier molecular flexibility index (Phi) is 5.90. The number of rotatable bonds is 6. The summed E-state index contributed by atoms with van der Waals surface area (Å²) in [5, 5.41) is 2.94. The van der Waals surface area contributed by atoms with Gasteiger partial charge in [0.1, 0.15) is 0 Å². The molecule has 0 aliphatic rings. The van der Waals surface area contributed by atoms with Crippen molar-refractivity contribution >= 4 is 5.91 Å². The summed E-state index contributed by atoms with van der Waals surface area (Å²) in [5.41, 5.74) is 2.59. The average molecular weight is 247 g/mol. The summed E-state index contributed by atoms with van der Waals surface area (Å²) in [6.07, 6.45) is 1.40. The molecule has 1 aromatic carbocycles. The highest BCUT2D eigenvalue weighted by molar-refractivity contribution is 5.76. The SMILES string of the molecule is CC(C)CNC(=O)CCc1ccc(C(C)C)cc1. The molecule has 0 aliphatic heterocycles. The van der Waals surface area contributed by atoms with Gasteiger partial charge in [0.25, 0.3) is 0 Å². The highest BCUT2D eigenvalue weighted by Crippen LogP contribution is 2.15. The molecule has 0 unspecified atom stereocenters. The van der Waals surface area contributed by atoms with Gasteiger partial charge < -0.3 is 5.32 Å². The predicted molar refractivity (Wildman–Crippen MR) is 76.7 cm³/mol. The van der Waals surface area contributed by atoms with Crippen LogP contribution in [0.25, 0.3) is 0 Å². The van der Waals surface area contributed by atoms with Crippen LogP contribution in [0.5, 0.6) is 0 Å². The summed E-state index contributed by atoms with van der Waals surface area (Å²) in [6.45, 7) is 9.35. The number of nitrogens with one attached hydrogen (secondary N) is 1. The van der Waals surface area contributed by atoms with E-state index in [1.807, 2.05) is 0 Å². The summed E-state index contributed by atoms with van der Waals surface area (Å²) in [5.74, 6) is 1.23. The molecular formula is C16H25NO. The zero-order valence-electron chi connectivity index (χ0n) is 12.0. The molecule has 0 spiro atoms. The van der Waals surface area contributed by atoms with E-state index >= 15 is 0 Å². The van der Waals surface area contributed by atoms with Crippen molar-refractivity contribution in [2.45, 2.75) is 46.5 Å². The minimum absolute atomic E-state index is 0.150. The molecule has 0 atom stereocenters. The van der Waals surface area contributed by atoms with Crippen LogP contribution in [0.4, 0.5) is 0 Å². The van der Waals surface area contributed by atoms with Crippen molar-refractivity contribution in [3.05, 3.63) is 35.4 Å². The Hall–Kier alpha value is -1.31. The van der Waals surface area contributed by atoms with Crippen LogP contribution in [0, 0.1) is 5.92 Å². The fraction of sp³-hybridized carbons (Fsp3) is 0.562. The fourth-order valence-corrected chi connectivity index (χ4v) is 1.73. The van der Waals surface area contributed by atoms with Crippen molar-refractivity contribution in [1.82, 2.24) is 5.32 Å². The van der Waals surface area contributed by atoms with Crippen molar-refractivity contribution in [3.63, 3.8) is 0 Å². The monoisotopic (exact) mass is 247 g/mol. The lowest BCUT2D eigenvalue weighted by Gasteiger charge is -2.08. The largest absolute Gasteiger partial charge is 0.356 e. The van der Waals surface area contributed by atoms with Gasteiger partial charge in [-0.1, -0.05) is 52.0 Å². The van der Waals surface area contributed by atoms with E-state index in [9.17, 15) is 4.79 Å². The number of carbonyl (C=O) groups is 1. The molecule has 18 heavy (non-hydrogen) atoms. The van der Waals surface area contributed by atoms with Gasteiger partial charge in [-0.25, -0.2) is 0 Å². The second-order valence-electron chi connectivity index (χ2n) is 5.59. The van der Waals surface area contributed by atoms with Crippen LogP contribution in [0.15, 0.2) is 24.3 Å². The molecule has 0 bridgehead atoms. The quantitative estimate of drug-likeness (QED) is 0.819. The number of aryl methyl sites for hydroxylation is 1. The fourth-order valence-electron chi connectivity index (χ4n) is 1.73. The third kappa shape index (κ3) is 5.35. The Morgan fingerprint density at radius 1 is 1.11 bits per heavy atom. The molecule has 1 amide bonds. The van der Waals surface area contributed by atoms with E-state index in [0.29, 0.717) is 18.3 Å². The Balaban J connectivity index is 2.37. The standard InChI is InChI=1S/C16H25NO/c1-12(2)11-17-16(18)10-7-14-5-8-15(9-6-14)13(3)4/h5-6,8-9,12-13H,7,10-11H2,1-4H3,(H,17,18). The van der Waals surface area contributed by atoms with Gasteiger partial charge in [-0.2, -0.15) is 0 Å². The van der Waals surface area contributed by atoms with Crippen molar-refractivity contribution in [2.75, 3.05) is 6.54 Å². The first-order valence-electron chi connectivity index (χ1n) is 6.84. The third-order valence-corrected chi connectivity index (χ3v) is 2.99. The number of amides is 1. The third-order valence-electron chi connectivity index (χ3n) is 2.99. The molecule has 0 radical (unpaired) electrons. The first-order valence-corrected chi connectivity index (χ1v) is 6.84. The second kappa shape index (κ2) is 7.20. The van der Waals surface area contributed by atoms with Crippen LogP contribution in [0.1, 0.15) is 51.2 Å². The van der Waals surface area contributed by atoms with Crippen LogP contribution in [0.3, 0.4) is 0 Å². The zero-order valence-corrected chi connectivity index (χ0v) is 12.0. The van der Waals surface area contributed by atoms with E-state index in [1.54, 1.807) is 0 Å². The predicted octanol–water partition coefficient (Wildman–Crippen LogP) is 3.51. The van der Waals surface area contributed by atoms with Gasteiger partial charge in [0, 0.05) is 13.0 Å². The van der Waals surface area contributed by atoms with Crippen LogP contribution < -0.4 is 5.32 Å². The Morgan fingerprint density at radius 2 is 1.72 bits per heavy atom. The van der Waals surface area contributed by atoms with Gasteiger partial charge in [-0.3, -0.25) is 4.79 Å². The summed E-state index contributed by atoms with van der Waals surface area (Å²) >= 11 is 0. The van der Waals surface area contributed by atoms with E-state index in [0.717, 1.165) is 13.0 Å². The summed E-state index contributed by atoms with van der Waals surface area (Å²) in [7, 11) is 0. The highest BCUT2D eigenvalue weighted by Gasteiger charge is 2.04. The topological polar surface area (TPSA) is 29.1 Å². The number of hydrogen-bond acceptors (Lipinski definition) is 1. The van der Waals surface area contributed by atoms with Gasteiger partial charge in [0.2, 0.25) is 5.91 Å². The molecule has 0 fully saturated rings. The minimum Gasteiger partial charge on any atom is -0.356 e. The van der Waals surface area contributed by atoms with E-state index in [4.69, 9.17) is 0 Å². The number of hydrogen-bond donors (Lipinski definition) is 1. The normalized spacial score (nSPS) is 11.0. The maximum Gasteiger partial charge on any atom is 0.220 e. The van der Waals surface area contributed by atoms with Crippen molar-refractivity contribution < 1.29 is 4.79 Å². The van der Waals surface area contributed by atoms with Crippen molar-refractivity contribution in [3.8, 4) is 0 Å². The lowest BCUT2D eigenvalue weighted by atomic mass is 10.0. The molecule has 0 aromatic heterocycles. The first kappa shape index (κ1) is 14.7.